The van der Waals surface area contributed by atoms with Crippen LogP contribution in [0.3, 0.4) is 0 Å². The molecule has 1 radical (unpaired) electrons. The van der Waals surface area contributed by atoms with E-state index in [0.29, 0.717) is 11.6 Å². The van der Waals surface area contributed by atoms with Gasteiger partial charge in [-0.05, 0) is 82.1 Å². The summed E-state index contributed by atoms with van der Waals surface area (Å²) in [6.45, 7) is 9.65. The smallest absolute Gasteiger partial charge is 0.119 e. The van der Waals surface area contributed by atoms with Crippen LogP contribution < -0.4 is 9.84 Å². The summed E-state index contributed by atoms with van der Waals surface area (Å²) in [7, 11) is 0. The molecule has 0 spiro atoms. The second-order valence-electron chi connectivity index (χ2n) is 12.0. The van der Waals surface area contributed by atoms with Gasteiger partial charge < -0.3 is 19.8 Å². The Morgan fingerprint density at radius 2 is 1.65 bits per heavy atom. The summed E-state index contributed by atoms with van der Waals surface area (Å²) in [5.74, 6) is 2.03. The van der Waals surface area contributed by atoms with Gasteiger partial charge in [0.2, 0.25) is 0 Å². The molecule has 46 heavy (non-hydrogen) atoms. The predicted octanol–water partition coefficient (Wildman–Crippen LogP) is 9.96. The topological polar surface area (TPSA) is 74.9 Å². The molecule has 0 amide bonds. The van der Waals surface area contributed by atoms with E-state index in [4.69, 9.17) is 4.74 Å². The summed E-state index contributed by atoms with van der Waals surface area (Å²) in [4.78, 5) is 13.2. The fourth-order valence-electron chi connectivity index (χ4n) is 4.89. The van der Waals surface area contributed by atoms with Gasteiger partial charge in [-0.1, -0.05) is 71.9 Å². The third-order valence-corrected chi connectivity index (χ3v) is 8.42. The van der Waals surface area contributed by atoms with Crippen LogP contribution in [0.4, 0.5) is 0 Å². The van der Waals surface area contributed by atoms with Crippen molar-refractivity contribution in [3.05, 3.63) is 102 Å². The minimum absolute atomic E-state index is 0. The van der Waals surface area contributed by atoms with Crippen molar-refractivity contribution in [3.8, 4) is 39.9 Å². The van der Waals surface area contributed by atoms with Crippen molar-refractivity contribution < 1.29 is 24.8 Å². The molecule has 0 aliphatic heterocycles. The van der Waals surface area contributed by atoms with E-state index in [2.05, 4.69) is 94.6 Å². The Hall–Kier alpha value is -3.71. The van der Waals surface area contributed by atoms with Crippen LogP contribution in [0.5, 0.6) is 5.75 Å². The Kier molecular flexibility index (Phi) is 13.2. The Morgan fingerprint density at radius 3 is 2.37 bits per heavy atom. The van der Waals surface area contributed by atoms with Gasteiger partial charge in [-0.25, -0.2) is 0 Å². The number of nitrogens with zero attached hydrogens (tertiary/aromatic N) is 5. The molecule has 0 N–H and O–H groups in total. The fourth-order valence-corrected chi connectivity index (χ4v) is 5.67. The quantitative estimate of drug-likeness (QED) is 0.0959. The van der Waals surface area contributed by atoms with Crippen LogP contribution in [0.15, 0.2) is 90.6 Å². The maximum Gasteiger partial charge on any atom is 0.119 e. The predicted molar refractivity (Wildman–Crippen MR) is 185 cm³/mol. The zero-order valence-corrected chi connectivity index (χ0v) is 30.2. The maximum absolute atomic E-state index is 5.81. The molecule has 2 aromatic carbocycles. The first-order valence-corrected chi connectivity index (χ1v) is 16.7. The first-order valence-electron chi connectivity index (χ1n) is 15.8. The van der Waals surface area contributed by atoms with E-state index < -0.39 is 0 Å². The molecule has 0 saturated heterocycles. The van der Waals surface area contributed by atoms with Gasteiger partial charge in [0, 0.05) is 37.2 Å². The van der Waals surface area contributed by atoms with Crippen LogP contribution in [0.25, 0.3) is 44.2 Å². The van der Waals surface area contributed by atoms with Crippen LogP contribution >= 0.6 is 11.3 Å². The number of hydrogen-bond acceptors (Lipinski definition) is 6. The van der Waals surface area contributed by atoms with Gasteiger partial charge >= 0.3 is 0 Å². The molecule has 6 nitrogen and oxygen atoms in total. The normalized spacial score (nSPS) is 11.0. The standard InChI is InChI=1S/C21H25N4O.C17H16NS.Ir/c1-2-3-4-5-6-9-16-26-18-13-11-17(12-14-18)20-23-21(25-24-20)19-10-7-8-15-22-19;1-17(2,3)13-6-4-12(5-7-13)16-14-9-11-19-15(14)8-10-18-16;/h7-8,10-15H,2-6,9,16H2,1H3;4,6-11H,1-3H3;/q2*-1;. The molecule has 8 heteroatoms. The first-order chi connectivity index (χ1) is 21.9. The van der Waals surface area contributed by atoms with Crippen molar-refractivity contribution in [2.45, 2.75) is 71.6 Å². The second kappa shape index (κ2) is 17.3. The summed E-state index contributed by atoms with van der Waals surface area (Å²) in [6.07, 6.45) is 11.2. The largest absolute Gasteiger partial charge is 0.494 e. The SMILES string of the molecule is CC(C)(C)c1c[c-]c(-c2nccc3sccc23)cc1.CCCCCCCCOc1ccc(-c2n[n-]c(-c3ccccn3)n2)cc1.[Ir]. The second-order valence-corrected chi connectivity index (χ2v) is 13.0. The molecule has 6 aromatic rings. The summed E-state index contributed by atoms with van der Waals surface area (Å²) in [6, 6.07) is 27.5. The Balaban J connectivity index is 0.000000213. The summed E-state index contributed by atoms with van der Waals surface area (Å²) in [5.41, 5.74) is 5.21. The summed E-state index contributed by atoms with van der Waals surface area (Å²) in [5, 5.41) is 11.6. The molecule has 0 bridgehead atoms. The number of benzene rings is 2. The molecule has 6 rings (SSSR count). The Bertz CT molecular complexity index is 1740. The van der Waals surface area contributed by atoms with Gasteiger partial charge in [0.25, 0.3) is 0 Å². The van der Waals surface area contributed by atoms with E-state index in [1.54, 1.807) is 17.5 Å². The van der Waals surface area contributed by atoms with Crippen LogP contribution in [-0.2, 0) is 25.5 Å². The van der Waals surface area contributed by atoms with Crippen molar-refractivity contribution in [1.29, 1.82) is 0 Å². The van der Waals surface area contributed by atoms with Crippen LogP contribution in [-0.4, -0.2) is 26.7 Å². The van der Waals surface area contributed by atoms with Crippen molar-refractivity contribution in [1.82, 2.24) is 25.1 Å². The Morgan fingerprint density at radius 1 is 0.848 bits per heavy atom. The molecule has 0 saturated carbocycles. The number of thiophene rings is 1. The molecule has 0 unspecified atom stereocenters. The molecule has 241 valence electrons. The number of unbranched alkanes of at least 4 members (excludes halogenated alkanes) is 5. The molecule has 0 aliphatic rings. The van der Waals surface area contributed by atoms with E-state index in [0.717, 1.165) is 41.3 Å². The van der Waals surface area contributed by atoms with Crippen molar-refractivity contribution in [2.24, 2.45) is 0 Å². The van der Waals surface area contributed by atoms with E-state index in [1.165, 1.54) is 47.8 Å². The zero-order valence-electron chi connectivity index (χ0n) is 27.0. The van der Waals surface area contributed by atoms with E-state index >= 15 is 0 Å². The van der Waals surface area contributed by atoms with Crippen molar-refractivity contribution in [2.75, 3.05) is 6.61 Å². The number of aromatic nitrogens is 5. The number of pyridine rings is 2. The number of ether oxygens (including phenoxy) is 1. The number of rotatable bonds is 11. The van der Waals surface area contributed by atoms with Crippen LogP contribution in [0.1, 0.15) is 71.8 Å². The molecular formula is C38H41IrN5OS-2. The monoisotopic (exact) mass is 808 g/mol. The zero-order chi connectivity index (χ0) is 31.5. The van der Waals surface area contributed by atoms with E-state index in [-0.39, 0.29) is 25.5 Å². The minimum Gasteiger partial charge on any atom is -0.494 e. The average molecular weight is 808 g/mol. The summed E-state index contributed by atoms with van der Waals surface area (Å²) < 4.78 is 7.09. The minimum atomic E-state index is 0. The first kappa shape index (κ1) is 35.1. The van der Waals surface area contributed by atoms with Gasteiger partial charge in [0.05, 0.1) is 18.1 Å². The third-order valence-electron chi connectivity index (χ3n) is 7.54. The van der Waals surface area contributed by atoms with Gasteiger partial charge in [0.15, 0.2) is 0 Å². The van der Waals surface area contributed by atoms with Crippen molar-refractivity contribution >= 4 is 21.4 Å². The van der Waals surface area contributed by atoms with Crippen molar-refractivity contribution in [3.63, 3.8) is 0 Å². The molecule has 0 atom stereocenters. The average Bonchev–Trinajstić information content (AvgIpc) is 3.76. The fraction of sp³-hybridized carbons (Fsp3) is 0.316. The molecule has 0 fully saturated rings. The number of fused-ring (bicyclic) bond motifs is 1. The van der Waals surface area contributed by atoms with Gasteiger partial charge in [-0.2, -0.15) is 0 Å². The number of hydrogen-bond donors (Lipinski definition) is 0. The van der Waals surface area contributed by atoms with Crippen LogP contribution in [0, 0.1) is 6.07 Å². The van der Waals surface area contributed by atoms with Gasteiger partial charge in [-0.3, -0.25) is 10.1 Å². The third kappa shape index (κ3) is 9.65. The molecular weight excluding hydrogens is 767 g/mol. The molecule has 4 heterocycles. The van der Waals surface area contributed by atoms with Gasteiger partial charge in [-0.15, -0.1) is 46.7 Å². The van der Waals surface area contributed by atoms with E-state index in [9.17, 15) is 0 Å². The van der Waals surface area contributed by atoms with Gasteiger partial charge in [0.1, 0.15) is 5.75 Å². The van der Waals surface area contributed by atoms with E-state index in [1.807, 2.05) is 48.7 Å². The molecule has 0 aliphatic carbocycles. The maximum atomic E-state index is 5.81. The van der Waals surface area contributed by atoms with Crippen LogP contribution in [0.2, 0.25) is 0 Å². The summed E-state index contributed by atoms with van der Waals surface area (Å²) >= 11 is 1.75. The Labute approximate surface area is 290 Å². The molecule has 4 aromatic heterocycles.